The standard InChI is InChI=1S/C11H12N4O3S/c1-7(8-4-3-5-19-8)14-10-9(15(16)17)11(18-2)13-6-12-10/h3-7H,1-2H3,(H,12,13,14). The Hall–Kier alpha value is -2.22. The summed E-state index contributed by atoms with van der Waals surface area (Å²) >= 11 is 1.57. The van der Waals surface area contributed by atoms with E-state index in [0.717, 1.165) is 4.88 Å². The number of ether oxygens (including phenoxy) is 1. The van der Waals surface area contributed by atoms with Crippen LogP contribution in [0.4, 0.5) is 11.5 Å². The Morgan fingerprint density at radius 3 is 2.89 bits per heavy atom. The number of nitrogens with one attached hydrogen (secondary N) is 1. The highest BCUT2D eigenvalue weighted by Gasteiger charge is 2.25. The Kier molecular flexibility index (Phi) is 3.91. The molecule has 19 heavy (non-hydrogen) atoms. The van der Waals surface area contributed by atoms with Crippen LogP contribution in [-0.2, 0) is 0 Å². The zero-order valence-corrected chi connectivity index (χ0v) is 11.2. The maximum atomic E-state index is 11.1. The molecule has 0 aliphatic carbocycles. The molecule has 1 unspecified atom stereocenters. The van der Waals surface area contributed by atoms with Gasteiger partial charge in [0, 0.05) is 4.88 Å². The molecule has 2 aromatic heterocycles. The molecule has 0 aliphatic rings. The minimum Gasteiger partial charge on any atom is -0.476 e. The van der Waals surface area contributed by atoms with Crippen molar-refractivity contribution in [2.45, 2.75) is 13.0 Å². The van der Waals surface area contributed by atoms with Crippen molar-refractivity contribution in [1.29, 1.82) is 0 Å². The van der Waals surface area contributed by atoms with Gasteiger partial charge in [-0.3, -0.25) is 10.1 Å². The molecule has 0 amide bonds. The first kappa shape index (κ1) is 13.2. The predicted octanol–water partition coefficient (Wildman–Crippen LogP) is 2.63. The Bertz CT molecular complexity index is 573. The molecule has 0 saturated heterocycles. The van der Waals surface area contributed by atoms with Crippen molar-refractivity contribution < 1.29 is 9.66 Å². The second-order valence-electron chi connectivity index (χ2n) is 3.72. The number of aromatic nitrogens is 2. The molecule has 0 aromatic carbocycles. The molecule has 0 aliphatic heterocycles. The fourth-order valence-corrected chi connectivity index (χ4v) is 2.33. The van der Waals surface area contributed by atoms with Gasteiger partial charge in [0.2, 0.25) is 5.82 Å². The first-order valence-corrected chi connectivity index (χ1v) is 6.34. The zero-order chi connectivity index (χ0) is 13.8. The molecular formula is C11H12N4O3S. The largest absolute Gasteiger partial charge is 0.476 e. The zero-order valence-electron chi connectivity index (χ0n) is 10.4. The summed E-state index contributed by atoms with van der Waals surface area (Å²) in [5.74, 6) is 0.0960. The van der Waals surface area contributed by atoms with Crippen molar-refractivity contribution in [3.63, 3.8) is 0 Å². The van der Waals surface area contributed by atoms with E-state index in [1.165, 1.54) is 13.4 Å². The van der Waals surface area contributed by atoms with Crippen molar-refractivity contribution in [2.24, 2.45) is 0 Å². The van der Waals surface area contributed by atoms with E-state index in [2.05, 4.69) is 15.3 Å². The summed E-state index contributed by atoms with van der Waals surface area (Å²) < 4.78 is 4.89. The molecule has 2 heterocycles. The maximum absolute atomic E-state index is 11.1. The summed E-state index contributed by atoms with van der Waals surface area (Å²) in [4.78, 5) is 19.2. The predicted molar refractivity (Wildman–Crippen MR) is 71.6 cm³/mol. The first-order valence-electron chi connectivity index (χ1n) is 5.46. The van der Waals surface area contributed by atoms with Crippen LogP contribution in [0.3, 0.4) is 0 Å². The van der Waals surface area contributed by atoms with E-state index in [0.29, 0.717) is 0 Å². The van der Waals surface area contributed by atoms with Gasteiger partial charge in [0.15, 0.2) is 0 Å². The Morgan fingerprint density at radius 2 is 2.32 bits per heavy atom. The summed E-state index contributed by atoms with van der Waals surface area (Å²) in [6, 6.07) is 3.79. The van der Waals surface area contributed by atoms with E-state index < -0.39 is 4.92 Å². The molecule has 0 spiro atoms. The van der Waals surface area contributed by atoms with Crippen LogP contribution in [0.1, 0.15) is 17.8 Å². The lowest BCUT2D eigenvalue weighted by Gasteiger charge is -2.13. The molecule has 0 bridgehead atoms. The SMILES string of the molecule is COc1ncnc(NC(C)c2cccs2)c1[N+](=O)[O-]. The first-order chi connectivity index (χ1) is 9.13. The average Bonchev–Trinajstić information content (AvgIpc) is 2.92. The van der Waals surface area contributed by atoms with Crippen LogP contribution in [0.25, 0.3) is 0 Å². The molecule has 2 aromatic rings. The van der Waals surface area contributed by atoms with Crippen molar-refractivity contribution >= 4 is 22.8 Å². The second kappa shape index (κ2) is 5.61. The molecule has 8 heteroatoms. The van der Waals surface area contributed by atoms with E-state index >= 15 is 0 Å². The molecule has 0 radical (unpaired) electrons. The topological polar surface area (TPSA) is 90.2 Å². The Morgan fingerprint density at radius 1 is 1.53 bits per heavy atom. The van der Waals surface area contributed by atoms with Crippen molar-refractivity contribution in [2.75, 3.05) is 12.4 Å². The third-order valence-corrected chi connectivity index (χ3v) is 3.54. The van der Waals surface area contributed by atoms with Crippen LogP contribution in [0, 0.1) is 10.1 Å². The number of hydrogen-bond donors (Lipinski definition) is 1. The molecule has 1 atom stereocenters. The number of methoxy groups -OCH3 is 1. The van der Waals surface area contributed by atoms with Crippen LogP contribution in [0.2, 0.25) is 0 Å². The van der Waals surface area contributed by atoms with Crippen LogP contribution < -0.4 is 10.1 Å². The van der Waals surface area contributed by atoms with Gasteiger partial charge in [-0.05, 0) is 18.4 Å². The number of thiophene rings is 1. The fraction of sp³-hybridized carbons (Fsp3) is 0.273. The van der Waals surface area contributed by atoms with Crippen LogP contribution >= 0.6 is 11.3 Å². The molecule has 100 valence electrons. The van der Waals surface area contributed by atoms with E-state index in [-0.39, 0.29) is 23.4 Å². The summed E-state index contributed by atoms with van der Waals surface area (Å²) in [7, 11) is 1.34. The van der Waals surface area contributed by atoms with Crippen LogP contribution in [0.5, 0.6) is 5.88 Å². The lowest BCUT2D eigenvalue weighted by atomic mass is 10.2. The fourth-order valence-electron chi connectivity index (χ4n) is 1.60. The van der Waals surface area contributed by atoms with Gasteiger partial charge in [-0.15, -0.1) is 11.3 Å². The van der Waals surface area contributed by atoms with Crippen molar-refractivity contribution in [3.05, 3.63) is 38.8 Å². The minimum absolute atomic E-state index is 0.0547. The molecular weight excluding hydrogens is 268 g/mol. The number of nitro groups is 1. The van der Waals surface area contributed by atoms with E-state index in [1.54, 1.807) is 11.3 Å². The Labute approximate surface area is 113 Å². The van der Waals surface area contributed by atoms with E-state index in [4.69, 9.17) is 4.74 Å². The smallest absolute Gasteiger partial charge is 0.372 e. The van der Waals surface area contributed by atoms with Crippen molar-refractivity contribution in [1.82, 2.24) is 9.97 Å². The summed E-state index contributed by atoms with van der Waals surface area (Å²) in [5, 5.41) is 16.0. The lowest BCUT2D eigenvalue weighted by molar-refractivity contribution is -0.385. The van der Waals surface area contributed by atoms with Gasteiger partial charge in [0.05, 0.1) is 18.1 Å². The van der Waals surface area contributed by atoms with Gasteiger partial charge in [0.1, 0.15) is 6.33 Å². The lowest BCUT2D eigenvalue weighted by Crippen LogP contribution is -2.10. The third kappa shape index (κ3) is 2.79. The summed E-state index contributed by atoms with van der Waals surface area (Å²) in [5.41, 5.74) is -0.256. The van der Waals surface area contributed by atoms with E-state index in [1.807, 2.05) is 24.4 Å². The van der Waals surface area contributed by atoms with Gasteiger partial charge in [-0.2, -0.15) is 4.98 Å². The quantitative estimate of drug-likeness (QED) is 0.668. The number of nitrogens with zero attached hydrogens (tertiary/aromatic N) is 3. The van der Waals surface area contributed by atoms with E-state index in [9.17, 15) is 10.1 Å². The molecule has 1 N–H and O–H groups in total. The minimum atomic E-state index is -0.553. The summed E-state index contributed by atoms with van der Waals surface area (Å²) in [6.45, 7) is 1.91. The highest BCUT2D eigenvalue weighted by Crippen LogP contribution is 2.33. The third-order valence-electron chi connectivity index (χ3n) is 2.49. The van der Waals surface area contributed by atoms with Crippen molar-refractivity contribution in [3.8, 4) is 5.88 Å². The number of hydrogen-bond acceptors (Lipinski definition) is 7. The van der Waals surface area contributed by atoms with Gasteiger partial charge in [0.25, 0.3) is 5.88 Å². The molecule has 0 fully saturated rings. The van der Waals surface area contributed by atoms with Gasteiger partial charge in [-0.25, -0.2) is 4.98 Å². The molecule has 7 nitrogen and oxygen atoms in total. The highest BCUT2D eigenvalue weighted by atomic mass is 32.1. The maximum Gasteiger partial charge on any atom is 0.372 e. The second-order valence-corrected chi connectivity index (χ2v) is 4.70. The van der Waals surface area contributed by atoms with Crippen LogP contribution in [0.15, 0.2) is 23.8 Å². The van der Waals surface area contributed by atoms with Gasteiger partial charge >= 0.3 is 5.69 Å². The average molecular weight is 280 g/mol. The normalized spacial score (nSPS) is 11.9. The summed E-state index contributed by atoms with van der Waals surface area (Å²) in [6.07, 6.45) is 1.23. The number of rotatable bonds is 5. The monoisotopic (exact) mass is 280 g/mol. The Balaban J connectivity index is 2.32. The highest BCUT2D eigenvalue weighted by molar-refractivity contribution is 7.10. The number of anilines is 1. The van der Waals surface area contributed by atoms with Gasteiger partial charge < -0.3 is 10.1 Å². The van der Waals surface area contributed by atoms with Gasteiger partial charge in [-0.1, -0.05) is 6.07 Å². The molecule has 2 rings (SSSR count). The molecule has 0 saturated carbocycles. The van der Waals surface area contributed by atoms with Crippen LogP contribution in [-0.4, -0.2) is 22.0 Å².